The van der Waals surface area contributed by atoms with Crippen molar-refractivity contribution in [3.05, 3.63) is 28.2 Å². The van der Waals surface area contributed by atoms with Gasteiger partial charge in [0.05, 0.1) is 4.47 Å². The van der Waals surface area contributed by atoms with Gasteiger partial charge in [0.2, 0.25) is 0 Å². The number of nitrogens with one attached hydrogen (secondary N) is 1. The number of amides is 1. The first-order chi connectivity index (χ1) is 9.17. The molecule has 106 valence electrons. The maximum absolute atomic E-state index is 11.5. The molecule has 0 fully saturated rings. The summed E-state index contributed by atoms with van der Waals surface area (Å²) in [6.45, 7) is 5.03. The fourth-order valence-corrected chi connectivity index (χ4v) is 2.25. The Morgan fingerprint density at radius 1 is 1.32 bits per heavy atom. The van der Waals surface area contributed by atoms with E-state index >= 15 is 0 Å². The smallest absolute Gasteiger partial charge is 0.257 e. The highest BCUT2D eigenvalue weighted by Crippen LogP contribution is 2.26. The zero-order chi connectivity index (χ0) is 14.1. The van der Waals surface area contributed by atoms with E-state index in [1.54, 1.807) is 0 Å². The summed E-state index contributed by atoms with van der Waals surface area (Å²) in [4.78, 5) is 11.5. The highest BCUT2D eigenvalue weighted by molar-refractivity contribution is 9.10. The average molecular weight is 328 g/mol. The Hall–Kier alpha value is -1.03. The van der Waals surface area contributed by atoms with Crippen LogP contribution in [0.15, 0.2) is 22.7 Å². The molecule has 0 bridgehead atoms. The maximum atomic E-state index is 11.5. The van der Waals surface area contributed by atoms with Crippen LogP contribution in [0.4, 0.5) is 0 Å². The molecule has 0 aliphatic rings. The fourth-order valence-electron chi connectivity index (χ4n) is 1.70. The molecular weight excluding hydrogens is 306 g/mol. The van der Waals surface area contributed by atoms with Crippen molar-refractivity contribution in [2.24, 2.45) is 0 Å². The molecule has 0 aliphatic carbocycles. The van der Waals surface area contributed by atoms with Crippen LogP contribution in [-0.2, 0) is 11.2 Å². The third kappa shape index (κ3) is 6.10. The summed E-state index contributed by atoms with van der Waals surface area (Å²) in [6.07, 6.45) is 4.25. The Balaban J connectivity index is 2.42. The van der Waals surface area contributed by atoms with Crippen LogP contribution in [0.5, 0.6) is 5.75 Å². The molecular formula is C15H22BrNO2. The lowest BCUT2D eigenvalue weighted by Gasteiger charge is -2.10. The minimum Gasteiger partial charge on any atom is -0.483 e. The fraction of sp³-hybridized carbons (Fsp3) is 0.533. The van der Waals surface area contributed by atoms with Crippen LogP contribution >= 0.6 is 15.9 Å². The molecule has 0 saturated heterocycles. The van der Waals surface area contributed by atoms with Gasteiger partial charge in [0, 0.05) is 6.54 Å². The summed E-state index contributed by atoms with van der Waals surface area (Å²) >= 11 is 3.47. The van der Waals surface area contributed by atoms with Gasteiger partial charge in [0.1, 0.15) is 5.75 Å². The van der Waals surface area contributed by atoms with Gasteiger partial charge in [-0.05, 0) is 46.5 Å². The van der Waals surface area contributed by atoms with Crippen LogP contribution in [0.3, 0.4) is 0 Å². The van der Waals surface area contributed by atoms with Gasteiger partial charge >= 0.3 is 0 Å². The van der Waals surface area contributed by atoms with Crippen LogP contribution in [-0.4, -0.2) is 19.1 Å². The quantitative estimate of drug-likeness (QED) is 0.739. The number of aryl methyl sites for hydroxylation is 1. The maximum Gasteiger partial charge on any atom is 0.257 e. The molecule has 0 atom stereocenters. The topological polar surface area (TPSA) is 38.3 Å². The minimum absolute atomic E-state index is 0.0649. The van der Waals surface area contributed by atoms with Crippen LogP contribution in [0.2, 0.25) is 0 Å². The lowest BCUT2D eigenvalue weighted by molar-refractivity contribution is -0.123. The van der Waals surface area contributed by atoms with Crippen molar-refractivity contribution < 1.29 is 9.53 Å². The number of ether oxygens (including phenoxy) is 1. The van der Waals surface area contributed by atoms with E-state index in [9.17, 15) is 4.79 Å². The number of halogens is 1. The van der Waals surface area contributed by atoms with Gasteiger partial charge in [-0.3, -0.25) is 4.79 Å². The first kappa shape index (κ1) is 16.0. The second-order valence-electron chi connectivity index (χ2n) is 4.51. The predicted octanol–water partition coefficient (Wildman–Crippen LogP) is 3.70. The molecule has 1 N–H and O–H groups in total. The van der Waals surface area contributed by atoms with Gasteiger partial charge in [0.25, 0.3) is 5.91 Å². The summed E-state index contributed by atoms with van der Waals surface area (Å²) in [5, 5.41) is 2.83. The normalized spacial score (nSPS) is 10.3. The Morgan fingerprint density at radius 3 is 2.74 bits per heavy atom. The molecule has 3 nitrogen and oxygen atoms in total. The first-order valence-electron chi connectivity index (χ1n) is 6.85. The van der Waals surface area contributed by atoms with Crippen LogP contribution < -0.4 is 10.1 Å². The molecule has 1 aromatic rings. The Labute approximate surface area is 123 Å². The molecule has 4 heteroatoms. The SMILES string of the molecule is CCCCNC(=O)COc1ccc(CCC)cc1Br. The van der Waals surface area contributed by atoms with Gasteiger partial charge < -0.3 is 10.1 Å². The average Bonchev–Trinajstić information content (AvgIpc) is 2.38. The standard InChI is InChI=1S/C15H22BrNO2/c1-3-5-9-17-15(18)11-19-14-8-7-12(6-4-2)10-13(14)16/h7-8,10H,3-6,9,11H2,1-2H3,(H,17,18). The molecule has 1 rings (SSSR count). The Morgan fingerprint density at radius 2 is 2.11 bits per heavy atom. The molecule has 0 heterocycles. The first-order valence-corrected chi connectivity index (χ1v) is 7.64. The van der Waals surface area contributed by atoms with Crippen molar-refractivity contribution in [3.63, 3.8) is 0 Å². The van der Waals surface area contributed by atoms with Crippen molar-refractivity contribution in [2.45, 2.75) is 39.5 Å². The van der Waals surface area contributed by atoms with E-state index in [1.807, 2.05) is 18.2 Å². The van der Waals surface area contributed by atoms with E-state index in [0.717, 1.165) is 36.7 Å². The highest BCUT2D eigenvalue weighted by atomic mass is 79.9. The number of unbranched alkanes of at least 4 members (excludes halogenated alkanes) is 1. The second kappa shape index (κ2) is 8.97. The third-order valence-corrected chi connectivity index (χ3v) is 3.37. The number of benzene rings is 1. The van der Waals surface area contributed by atoms with Crippen molar-refractivity contribution in [1.29, 1.82) is 0 Å². The monoisotopic (exact) mass is 327 g/mol. The molecule has 0 unspecified atom stereocenters. The van der Waals surface area contributed by atoms with Gasteiger partial charge in [-0.25, -0.2) is 0 Å². The van der Waals surface area contributed by atoms with E-state index in [4.69, 9.17) is 4.74 Å². The van der Waals surface area contributed by atoms with Gasteiger partial charge in [-0.2, -0.15) is 0 Å². The zero-order valence-electron chi connectivity index (χ0n) is 11.7. The lowest BCUT2D eigenvalue weighted by Crippen LogP contribution is -2.29. The van der Waals surface area contributed by atoms with Crippen molar-refractivity contribution >= 4 is 21.8 Å². The van der Waals surface area contributed by atoms with E-state index in [0.29, 0.717) is 5.75 Å². The van der Waals surface area contributed by atoms with Crippen molar-refractivity contribution in [1.82, 2.24) is 5.32 Å². The van der Waals surface area contributed by atoms with E-state index < -0.39 is 0 Å². The van der Waals surface area contributed by atoms with Gasteiger partial charge in [-0.1, -0.05) is 32.8 Å². The van der Waals surface area contributed by atoms with E-state index in [2.05, 4.69) is 35.1 Å². The Bertz CT molecular complexity index is 407. The van der Waals surface area contributed by atoms with E-state index in [1.165, 1.54) is 5.56 Å². The molecule has 0 radical (unpaired) electrons. The predicted molar refractivity (Wildman–Crippen MR) is 81.5 cm³/mol. The summed E-state index contributed by atoms with van der Waals surface area (Å²) in [5.74, 6) is 0.642. The van der Waals surface area contributed by atoms with E-state index in [-0.39, 0.29) is 12.5 Å². The van der Waals surface area contributed by atoms with Crippen LogP contribution in [0, 0.1) is 0 Å². The largest absolute Gasteiger partial charge is 0.483 e. The van der Waals surface area contributed by atoms with Crippen molar-refractivity contribution in [3.8, 4) is 5.75 Å². The summed E-state index contributed by atoms with van der Waals surface area (Å²) < 4.78 is 6.41. The molecule has 1 aromatic carbocycles. The third-order valence-electron chi connectivity index (χ3n) is 2.75. The Kier molecular flexibility index (Phi) is 7.56. The number of hydrogen-bond donors (Lipinski definition) is 1. The molecule has 1 amide bonds. The van der Waals surface area contributed by atoms with Crippen LogP contribution in [0.25, 0.3) is 0 Å². The van der Waals surface area contributed by atoms with Gasteiger partial charge in [0.15, 0.2) is 6.61 Å². The second-order valence-corrected chi connectivity index (χ2v) is 5.36. The summed E-state index contributed by atoms with van der Waals surface area (Å²) in [7, 11) is 0. The molecule has 19 heavy (non-hydrogen) atoms. The number of carbonyl (C=O) groups excluding carboxylic acids is 1. The lowest BCUT2D eigenvalue weighted by atomic mass is 10.1. The summed E-state index contributed by atoms with van der Waals surface area (Å²) in [5.41, 5.74) is 1.27. The van der Waals surface area contributed by atoms with Gasteiger partial charge in [-0.15, -0.1) is 0 Å². The van der Waals surface area contributed by atoms with Crippen LogP contribution in [0.1, 0.15) is 38.7 Å². The minimum atomic E-state index is -0.0713. The highest BCUT2D eigenvalue weighted by Gasteiger charge is 2.06. The molecule has 0 aliphatic heterocycles. The van der Waals surface area contributed by atoms with Crippen molar-refractivity contribution in [2.75, 3.05) is 13.2 Å². The zero-order valence-corrected chi connectivity index (χ0v) is 13.3. The number of rotatable bonds is 8. The number of hydrogen-bond acceptors (Lipinski definition) is 2. The summed E-state index contributed by atoms with van der Waals surface area (Å²) in [6, 6.07) is 6.00. The molecule has 0 saturated carbocycles. The molecule has 0 spiro atoms. The molecule has 0 aromatic heterocycles. The number of carbonyl (C=O) groups is 1.